The number of aryl methyl sites for hydroxylation is 2. The molecule has 0 radical (unpaired) electrons. The number of hydrogen-bond donors (Lipinski definition) is 2. The Labute approximate surface area is 167 Å². The molecule has 0 fully saturated rings. The molecule has 0 saturated carbocycles. The smallest absolute Gasteiger partial charge is 0.259 e. The summed E-state index contributed by atoms with van der Waals surface area (Å²) in [4.78, 5) is 15.8. The molecule has 6 heteroatoms. The number of anilines is 2. The molecule has 3 aromatic rings. The number of rotatable bonds is 6. The molecule has 2 aromatic heterocycles. The molecular formula is C21H22N2O2S2. The lowest BCUT2D eigenvalue weighted by Gasteiger charge is -2.12. The first kappa shape index (κ1) is 18.1. The van der Waals surface area contributed by atoms with Crippen molar-refractivity contribution in [1.29, 1.82) is 0 Å². The number of para-hydroxylation sites is 2. The van der Waals surface area contributed by atoms with Gasteiger partial charge < -0.3 is 15.4 Å². The maximum Gasteiger partial charge on any atom is 0.259 e. The minimum absolute atomic E-state index is 0.0655. The number of carbonyl (C=O) groups excluding carboxylic acids is 1. The van der Waals surface area contributed by atoms with Gasteiger partial charge in [0.05, 0.1) is 24.9 Å². The number of fused-ring (bicyclic) bond motifs is 1. The first-order chi connectivity index (χ1) is 13.2. The lowest BCUT2D eigenvalue weighted by molar-refractivity contribution is 0.102. The number of thiophene rings is 2. The number of ether oxygens (including phenoxy) is 1. The zero-order valence-electron chi connectivity index (χ0n) is 15.4. The predicted molar refractivity (Wildman–Crippen MR) is 114 cm³/mol. The molecular weight excluding hydrogens is 376 g/mol. The van der Waals surface area contributed by atoms with Gasteiger partial charge in [-0.25, -0.2) is 0 Å². The van der Waals surface area contributed by atoms with Crippen molar-refractivity contribution in [2.45, 2.75) is 32.7 Å². The molecule has 0 aliphatic heterocycles. The molecule has 1 aliphatic rings. The maximum atomic E-state index is 13.2. The van der Waals surface area contributed by atoms with E-state index in [0.29, 0.717) is 11.4 Å². The zero-order chi connectivity index (χ0) is 18.8. The summed E-state index contributed by atoms with van der Waals surface area (Å²) in [7, 11) is 1.61. The molecule has 4 rings (SSSR count). The molecule has 1 amide bonds. The van der Waals surface area contributed by atoms with Crippen molar-refractivity contribution in [3.05, 3.63) is 62.2 Å². The first-order valence-corrected chi connectivity index (χ1v) is 10.7. The van der Waals surface area contributed by atoms with Gasteiger partial charge in [-0.05, 0) is 60.9 Å². The van der Waals surface area contributed by atoms with Crippen molar-refractivity contribution < 1.29 is 9.53 Å². The van der Waals surface area contributed by atoms with Gasteiger partial charge in [-0.3, -0.25) is 4.79 Å². The monoisotopic (exact) mass is 398 g/mol. The van der Waals surface area contributed by atoms with E-state index in [0.717, 1.165) is 36.4 Å². The summed E-state index contributed by atoms with van der Waals surface area (Å²) in [6.45, 7) is 2.87. The second-order valence-electron chi connectivity index (χ2n) is 6.60. The number of nitrogens with one attached hydrogen (secondary N) is 2. The van der Waals surface area contributed by atoms with Crippen LogP contribution in [-0.2, 0) is 19.4 Å². The minimum atomic E-state index is -0.0655. The third kappa shape index (κ3) is 3.59. The summed E-state index contributed by atoms with van der Waals surface area (Å²) >= 11 is 3.47. The van der Waals surface area contributed by atoms with Crippen LogP contribution in [0.4, 0.5) is 10.7 Å². The highest BCUT2D eigenvalue weighted by atomic mass is 32.1. The van der Waals surface area contributed by atoms with Gasteiger partial charge in [0.15, 0.2) is 0 Å². The van der Waals surface area contributed by atoms with Crippen molar-refractivity contribution in [1.82, 2.24) is 0 Å². The van der Waals surface area contributed by atoms with Crippen LogP contribution in [0.3, 0.4) is 0 Å². The highest BCUT2D eigenvalue weighted by Crippen LogP contribution is 2.40. The summed E-state index contributed by atoms with van der Waals surface area (Å²) in [6, 6.07) is 9.64. The number of benzene rings is 1. The molecule has 1 aromatic carbocycles. The molecule has 1 aliphatic carbocycles. The van der Waals surface area contributed by atoms with E-state index in [-0.39, 0.29) is 5.91 Å². The lowest BCUT2D eigenvalue weighted by atomic mass is 10.1. The van der Waals surface area contributed by atoms with Crippen molar-refractivity contribution in [2.24, 2.45) is 0 Å². The van der Waals surface area contributed by atoms with Crippen LogP contribution in [0.15, 0.2) is 35.7 Å². The van der Waals surface area contributed by atoms with Crippen LogP contribution in [0.5, 0.6) is 5.75 Å². The molecule has 4 nitrogen and oxygen atoms in total. The summed E-state index contributed by atoms with van der Waals surface area (Å²) in [5, 5.41) is 9.64. The fourth-order valence-electron chi connectivity index (χ4n) is 3.45. The van der Waals surface area contributed by atoms with Crippen LogP contribution in [-0.4, -0.2) is 13.0 Å². The van der Waals surface area contributed by atoms with Crippen LogP contribution in [0.1, 0.15) is 37.7 Å². The summed E-state index contributed by atoms with van der Waals surface area (Å²) in [5.74, 6) is 0.603. The van der Waals surface area contributed by atoms with Gasteiger partial charge in [0.25, 0.3) is 5.91 Å². The molecule has 0 saturated heterocycles. The first-order valence-electron chi connectivity index (χ1n) is 9.03. The second-order valence-corrected chi connectivity index (χ2v) is 8.70. The van der Waals surface area contributed by atoms with Gasteiger partial charge in [-0.1, -0.05) is 12.1 Å². The van der Waals surface area contributed by atoms with Crippen molar-refractivity contribution in [3.63, 3.8) is 0 Å². The maximum absolute atomic E-state index is 13.2. The Morgan fingerprint density at radius 2 is 2.07 bits per heavy atom. The van der Waals surface area contributed by atoms with E-state index in [1.54, 1.807) is 29.8 Å². The highest BCUT2D eigenvalue weighted by Gasteiger charge is 2.27. The number of methoxy groups -OCH3 is 1. The van der Waals surface area contributed by atoms with Gasteiger partial charge in [0.1, 0.15) is 10.8 Å². The van der Waals surface area contributed by atoms with E-state index < -0.39 is 0 Å². The van der Waals surface area contributed by atoms with E-state index >= 15 is 0 Å². The van der Waals surface area contributed by atoms with Crippen LogP contribution in [0.2, 0.25) is 0 Å². The Kier molecular flexibility index (Phi) is 5.18. The Morgan fingerprint density at radius 1 is 1.22 bits per heavy atom. The average molecular weight is 399 g/mol. The lowest BCUT2D eigenvalue weighted by Crippen LogP contribution is -2.15. The number of hydrogen-bond acceptors (Lipinski definition) is 5. The summed E-state index contributed by atoms with van der Waals surface area (Å²) < 4.78 is 5.37. The van der Waals surface area contributed by atoms with Crippen LogP contribution in [0, 0.1) is 6.92 Å². The molecule has 2 heterocycles. The molecule has 0 spiro atoms. The van der Waals surface area contributed by atoms with Gasteiger partial charge in [0.2, 0.25) is 0 Å². The van der Waals surface area contributed by atoms with Crippen molar-refractivity contribution >= 4 is 39.3 Å². The number of amides is 1. The van der Waals surface area contributed by atoms with Crippen LogP contribution >= 0.6 is 22.7 Å². The molecule has 0 bridgehead atoms. The quantitative estimate of drug-likeness (QED) is 0.578. The normalized spacial score (nSPS) is 12.7. The Morgan fingerprint density at radius 3 is 2.85 bits per heavy atom. The summed E-state index contributed by atoms with van der Waals surface area (Å²) in [5.41, 5.74) is 3.99. The fourth-order valence-corrected chi connectivity index (χ4v) is 5.58. The molecule has 27 heavy (non-hydrogen) atoms. The van der Waals surface area contributed by atoms with Gasteiger partial charge in [-0.15, -0.1) is 22.7 Å². The second kappa shape index (κ2) is 7.74. The molecule has 0 atom stereocenters. The highest BCUT2D eigenvalue weighted by molar-refractivity contribution is 7.16. The standard InChI is InChI=1S/C21H22N2O2S2/c1-13-10-11-26-18(13)12-22-21-19(14-6-5-9-17(14)27-21)20(24)23-15-7-3-4-8-16(15)25-2/h3-4,7-8,10-11,22H,5-6,9,12H2,1-2H3,(H,23,24). The Bertz CT molecular complexity index is 974. The Hall–Kier alpha value is -2.31. The van der Waals surface area contributed by atoms with Gasteiger partial charge in [0, 0.05) is 9.75 Å². The van der Waals surface area contributed by atoms with Crippen molar-refractivity contribution in [2.75, 3.05) is 17.7 Å². The van der Waals surface area contributed by atoms with Gasteiger partial charge >= 0.3 is 0 Å². The summed E-state index contributed by atoms with van der Waals surface area (Å²) in [6.07, 6.45) is 3.16. The number of carbonyl (C=O) groups is 1. The minimum Gasteiger partial charge on any atom is -0.495 e. The fraction of sp³-hybridized carbons (Fsp3) is 0.286. The molecule has 140 valence electrons. The third-order valence-electron chi connectivity index (χ3n) is 4.88. The topological polar surface area (TPSA) is 50.4 Å². The van der Waals surface area contributed by atoms with Crippen LogP contribution in [0.25, 0.3) is 0 Å². The third-order valence-corrected chi connectivity index (χ3v) is 7.15. The average Bonchev–Trinajstić information content (AvgIpc) is 3.36. The van der Waals surface area contributed by atoms with Gasteiger partial charge in [-0.2, -0.15) is 0 Å². The van der Waals surface area contributed by atoms with E-state index in [9.17, 15) is 4.79 Å². The zero-order valence-corrected chi connectivity index (χ0v) is 17.1. The molecule has 0 unspecified atom stereocenters. The largest absolute Gasteiger partial charge is 0.495 e. The van der Waals surface area contributed by atoms with Crippen molar-refractivity contribution in [3.8, 4) is 5.75 Å². The predicted octanol–water partition coefficient (Wildman–Crippen LogP) is 5.48. The van der Waals surface area contributed by atoms with E-state index in [2.05, 4.69) is 29.0 Å². The van der Waals surface area contributed by atoms with E-state index in [1.807, 2.05) is 24.3 Å². The van der Waals surface area contributed by atoms with Crippen LogP contribution < -0.4 is 15.4 Å². The SMILES string of the molecule is COc1ccccc1NC(=O)c1c(NCc2sccc2C)sc2c1CCC2. The van der Waals surface area contributed by atoms with E-state index in [1.165, 1.54) is 20.9 Å². The Balaban J connectivity index is 1.61. The molecule has 2 N–H and O–H groups in total. The van der Waals surface area contributed by atoms with E-state index in [4.69, 9.17) is 4.74 Å².